The van der Waals surface area contributed by atoms with Gasteiger partial charge in [-0.1, -0.05) is 13.3 Å². The van der Waals surface area contributed by atoms with Crippen LogP contribution in [0.5, 0.6) is 11.5 Å². The fraction of sp³-hybridized carbons (Fsp3) is 0.588. The zero-order valence-electron chi connectivity index (χ0n) is 12.6. The summed E-state index contributed by atoms with van der Waals surface area (Å²) in [5, 5.41) is 0. The number of likely N-dealkylation sites (tertiary alicyclic amines) is 1. The highest BCUT2D eigenvalue weighted by atomic mass is 16.7. The molecular formula is C17H23NO3. The predicted molar refractivity (Wildman–Crippen MR) is 81.0 cm³/mol. The lowest BCUT2D eigenvalue weighted by molar-refractivity contribution is 0.0932. The van der Waals surface area contributed by atoms with E-state index in [2.05, 4.69) is 11.8 Å². The average molecular weight is 289 g/mol. The quantitative estimate of drug-likeness (QED) is 0.798. The van der Waals surface area contributed by atoms with Gasteiger partial charge in [0.2, 0.25) is 6.79 Å². The van der Waals surface area contributed by atoms with Crippen molar-refractivity contribution in [2.75, 3.05) is 26.4 Å². The molecule has 0 amide bonds. The Morgan fingerprint density at radius 3 is 2.95 bits per heavy atom. The van der Waals surface area contributed by atoms with E-state index < -0.39 is 0 Å². The average Bonchev–Trinajstić information content (AvgIpc) is 2.86. The Kier molecular flexibility index (Phi) is 4.44. The van der Waals surface area contributed by atoms with Gasteiger partial charge >= 0.3 is 0 Å². The lowest BCUT2D eigenvalue weighted by Gasteiger charge is -2.19. The molecule has 0 aliphatic carbocycles. The van der Waals surface area contributed by atoms with Crippen molar-refractivity contribution in [1.29, 1.82) is 0 Å². The first-order valence-electron chi connectivity index (χ1n) is 7.91. The maximum atomic E-state index is 12.4. The van der Waals surface area contributed by atoms with Crippen LogP contribution < -0.4 is 9.47 Å². The molecule has 2 aliphatic heterocycles. The molecule has 0 bridgehead atoms. The van der Waals surface area contributed by atoms with Crippen molar-refractivity contribution in [2.24, 2.45) is 5.92 Å². The molecule has 1 atom stereocenters. The standard InChI is InChI=1S/C17H23NO3/c1-2-13-4-3-8-18(9-7-13)11-15(19)14-5-6-16-17(10-14)21-12-20-16/h5-6,10,13H,2-4,7-9,11-12H2,1H3. The number of carbonyl (C=O) groups is 1. The van der Waals surface area contributed by atoms with Gasteiger partial charge in [-0.2, -0.15) is 0 Å². The molecule has 2 heterocycles. The Morgan fingerprint density at radius 2 is 2.10 bits per heavy atom. The first-order chi connectivity index (χ1) is 10.3. The molecule has 114 valence electrons. The van der Waals surface area contributed by atoms with E-state index >= 15 is 0 Å². The van der Waals surface area contributed by atoms with Crippen LogP contribution in [0, 0.1) is 5.92 Å². The fourth-order valence-corrected chi connectivity index (χ4v) is 3.16. The van der Waals surface area contributed by atoms with Gasteiger partial charge in [0.1, 0.15) is 0 Å². The SMILES string of the molecule is CCC1CCCN(CC(=O)c2ccc3c(c2)OCO3)CC1. The van der Waals surface area contributed by atoms with Gasteiger partial charge in [0, 0.05) is 5.56 Å². The van der Waals surface area contributed by atoms with E-state index in [-0.39, 0.29) is 12.6 Å². The van der Waals surface area contributed by atoms with E-state index in [9.17, 15) is 4.79 Å². The second kappa shape index (κ2) is 6.48. The van der Waals surface area contributed by atoms with Crippen LogP contribution in [0.15, 0.2) is 18.2 Å². The van der Waals surface area contributed by atoms with Crippen molar-refractivity contribution >= 4 is 5.78 Å². The summed E-state index contributed by atoms with van der Waals surface area (Å²) in [4.78, 5) is 14.7. The first kappa shape index (κ1) is 14.4. The molecule has 3 rings (SSSR count). The third-order valence-electron chi connectivity index (χ3n) is 4.58. The number of carbonyl (C=O) groups excluding carboxylic acids is 1. The third-order valence-corrected chi connectivity index (χ3v) is 4.58. The van der Waals surface area contributed by atoms with Crippen LogP contribution in [0.2, 0.25) is 0 Å². The Balaban J connectivity index is 1.61. The molecule has 1 aromatic rings. The molecule has 1 fully saturated rings. The normalized spacial score (nSPS) is 22.0. The Morgan fingerprint density at radius 1 is 1.24 bits per heavy atom. The Bertz CT molecular complexity index is 515. The molecule has 21 heavy (non-hydrogen) atoms. The van der Waals surface area contributed by atoms with E-state index in [0.29, 0.717) is 12.3 Å². The lowest BCUT2D eigenvalue weighted by atomic mass is 9.98. The summed E-state index contributed by atoms with van der Waals surface area (Å²) in [5.41, 5.74) is 0.718. The minimum atomic E-state index is 0.170. The Labute approximate surface area is 126 Å². The van der Waals surface area contributed by atoms with Gasteiger partial charge in [-0.3, -0.25) is 9.69 Å². The number of ketones is 1. The number of hydrogen-bond donors (Lipinski definition) is 0. The van der Waals surface area contributed by atoms with Gasteiger partial charge < -0.3 is 9.47 Å². The van der Waals surface area contributed by atoms with Crippen LogP contribution >= 0.6 is 0 Å². The lowest BCUT2D eigenvalue weighted by Crippen LogP contribution is -2.31. The number of nitrogens with zero attached hydrogens (tertiary/aromatic N) is 1. The summed E-state index contributed by atoms with van der Waals surface area (Å²) in [7, 11) is 0. The second-order valence-corrected chi connectivity index (χ2v) is 5.97. The summed E-state index contributed by atoms with van der Waals surface area (Å²) < 4.78 is 10.6. The van der Waals surface area contributed by atoms with E-state index in [1.54, 1.807) is 6.07 Å². The van der Waals surface area contributed by atoms with E-state index in [1.165, 1.54) is 25.7 Å². The van der Waals surface area contributed by atoms with Gasteiger partial charge in [-0.15, -0.1) is 0 Å². The highest BCUT2D eigenvalue weighted by Crippen LogP contribution is 2.32. The summed E-state index contributed by atoms with van der Waals surface area (Å²) in [6, 6.07) is 5.46. The molecule has 1 unspecified atom stereocenters. The third kappa shape index (κ3) is 3.38. The number of ether oxygens (including phenoxy) is 2. The first-order valence-corrected chi connectivity index (χ1v) is 7.91. The zero-order chi connectivity index (χ0) is 14.7. The van der Waals surface area contributed by atoms with Crippen molar-refractivity contribution in [3.05, 3.63) is 23.8 Å². The minimum absolute atomic E-state index is 0.170. The minimum Gasteiger partial charge on any atom is -0.454 e. The topological polar surface area (TPSA) is 38.8 Å². The number of rotatable bonds is 4. The van der Waals surface area contributed by atoms with Gasteiger partial charge in [-0.25, -0.2) is 0 Å². The highest BCUT2D eigenvalue weighted by Gasteiger charge is 2.20. The number of fused-ring (bicyclic) bond motifs is 1. The maximum absolute atomic E-state index is 12.4. The molecule has 2 aliphatic rings. The van der Waals surface area contributed by atoms with E-state index in [0.717, 1.165) is 30.3 Å². The molecule has 0 saturated carbocycles. The maximum Gasteiger partial charge on any atom is 0.231 e. The van der Waals surface area contributed by atoms with Gasteiger partial charge in [0.05, 0.1) is 6.54 Å². The molecule has 0 aromatic heterocycles. The predicted octanol–water partition coefficient (Wildman–Crippen LogP) is 3.11. The Hall–Kier alpha value is -1.55. The van der Waals surface area contributed by atoms with Crippen molar-refractivity contribution in [3.8, 4) is 11.5 Å². The molecule has 4 heteroatoms. The number of Topliss-reactive ketones (excluding diaryl/α,β-unsaturated/α-hetero) is 1. The summed E-state index contributed by atoms with van der Waals surface area (Å²) in [6.45, 7) is 5.09. The van der Waals surface area contributed by atoms with Gasteiger partial charge in [-0.05, 0) is 56.5 Å². The van der Waals surface area contributed by atoms with Crippen LogP contribution in [-0.2, 0) is 0 Å². The van der Waals surface area contributed by atoms with Gasteiger partial charge in [0.25, 0.3) is 0 Å². The summed E-state index contributed by atoms with van der Waals surface area (Å²) in [5.74, 6) is 2.41. The summed E-state index contributed by atoms with van der Waals surface area (Å²) in [6.07, 6.45) is 4.97. The van der Waals surface area contributed by atoms with Gasteiger partial charge in [0.15, 0.2) is 17.3 Å². The van der Waals surface area contributed by atoms with Crippen molar-refractivity contribution in [2.45, 2.75) is 32.6 Å². The molecule has 0 spiro atoms. The second-order valence-electron chi connectivity index (χ2n) is 5.97. The number of benzene rings is 1. The van der Waals surface area contributed by atoms with Crippen LogP contribution in [0.3, 0.4) is 0 Å². The number of hydrogen-bond acceptors (Lipinski definition) is 4. The highest BCUT2D eigenvalue weighted by molar-refractivity contribution is 5.98. The largest absolute Gasteiger partial charge is 0.454 e. The van der Waals surface area contributed by atoms with Crippen molar-refractivity contribution in [1.82, 2.24) is 4.90 Å². The smallest absolute Gasteiger partial charge is 0.231 e. The van der Waals surface area contributed by atoms with Crippen LogP contribution in [-0.4, -0.2) is 37.1 Å². The zero-order valence-corrected chi connectivity index (χ0v) is 12.6. The molecule has 0 N–H and O–H groups in total. The fourth-order valence-electron chi connectivity index (χ4n) is 3.16. The van der Waals surface area contributed by atoms with Crippen molar-refractivity contribution in [3.63, 3.8) is 0 Å². The monoisotopic (exact) mass is 289 g/mol. The van der Waals surface area contributed by atoms with Crippen molar-refractivity contribution < 1.29 is 14.3 Å². The van der Waals surface area contributed by atoms with Crippen LogP contribution in [0.1, 0.15) is 43.0 Å². The summed E-state index contributed by atoms with van der Waals surface area (Å²) >= 11 is 0. The molecule has 4 nitrogen and oxygen atoms in total. The van der Waals surface area contributed by atoms with Crippen LogP contribution in [0.25, 0.3) is 0 Å². The van der Waals surface area contributed by atoms with E-state index in [1.807, 2.05) is 12.1 Å². The van der Waals surface area contributed by atoms with E-state index in [4.69, 9.17) is 9.47 Å². The molecule has 1 aromatic carbocycles. The van der Waals surface area contributed by atoms with Crippen LogP contribution in [0.4, 0.5) is 0 Å². The molecule has 1 saturated heterocycles. The molecule has 0 radical (unpaired) electrons. The molecular weight excluding hydrogens is 266 g/mol.